The molecular weight excluding hydrogens is 380 g/mol. The van der Waals surface area contributed by atoms with Crippen LogP contribution in [-0.4, -0.2) is 41.3 Å². The number of sulfonamides is 1. The molecule has 2 rings (SSSR count). The maximum atomic E-state index is 12.4. The van der Waals surface area contributed by atoms with E-state index in [2.05, 4.69) is 5.32 Å². The third-order valence-electron chi connectivity index (χ3n) is 4.12. The number of rotatable bonds is 8. The topological polar surface area (TPSA) is 84.9 Å². The SMILES string of the molecule is COc1ccc(CNC(=O)CN(c2cc(C)cc(C)c2)S(C)(=O)=O)cc1OC. The fraction of sp³-hybridized carbons (Fsp3) is 0.350. The molecule has 0 radical (unpaired) electrons. The van der Waals surface area contributed by atoms with Gasteiger partial charge in [0, 0.05) is 6.54 Å². The second kappa shape index (κ2) is 8.97. The van der Waals surface area contributed by atoms with Crippen molar-refractivity contribution in [1.29, 1.82) is 0 Å². The van der Waals surface area contributed by atoms with Crippen LogP contribution in [0.2, 0.25) is 0 Å². The quantitative estimate of drug-likeness (QED) is 0.728. The minimum Gasteiger partial charge on any atom is -0.493 e. The molecule has 0 unspecified atom stereocenters. The lowest BCUT2D eigenvalue weighted by molar-refractivity contribution is -0.119. The number of ether oxygens (including phenoxy) is 2. The number of aryl methyl sites for hydroxylation is 2. The minimum atomic E-state index is -3.61. The van der Waals surface area contributed by atoms with Gasteiger partial charge in [0.15, 0.2) is 11.5 Å². The summed E-state index contributed by atoms with van der Waals surface area (Å²) >= 11 is 0. The maximum absolute atomic E-state index is 12.4. The van der Waals surface area contributed by atoms with E-state index in [1.54, 1.807) is 37.4 Å². The van der Waals surface area contributed by atoms with Crippen molar-refractivity contribution >= 4 is 21.6 Å². The second-order valence-electron chi connectivity index (χ2n) is 6.58. The Labute approximate surface area is 166 Å². The molecule has 0 aliphatic carbocycles. The molecule has 2 aromatic rings. The van der Waals surface area contributed by atoms with Gasteiger partial charge in [-0.3, -0.25) is 9.10 Å². The average Bonchev–Trinajstić information content (AvgIpc) is 2.62. The van der Waals surface area contributed by atoms with Gasteiger partial charge < -0.3 is 14.8 Å². The highest BCUT2D eigenvalue weighted by Crippen LogP contribution is 2.27. The Morgan fingerprint density at radius 2 is 1.61 bits per heavy atom. The number of hydrogen-bond acceptors (Lipinski definition) is 5. The van der Waals surface area contributed by atoms with Gasteiger partial charge in [-0.25, -0.2) is 8.42 Å². The van der Waals surface area contributed by atoms with Crippen LogP contribution >= 0.6 is 0 Å². The lowest BCUT2D eigenvalue weighted by atomic mass is 10.1. The van der Waals surface area contributed by atoms with Gasteiger partial charge in [0.2, 0.25) is 15.9 Å². The van der Waals surface area contributed by atoms with Crippen molar-refractivity contribution in [3.8, 4) is 11.5 Å². The van der Waals surface area contributed by atoms with Crippen LogP contribution in [0.3, 0.4) is 0 Å². The van der Waals surface area contributed by atoms with Crippen LogP contribution in [0.1, 0.15) is 16.7 Å². The lowest BCUT2D eigenvalue weighted by Crippen LogP contribution is -2.40. The Morgan fingerprint density at radius 3 is 2.14 bits per heavy atom. The van der Waals surface area contributed by atoms with E-state index in [-0.39, 0.29) is 13.1 Å². The molecule has 0 saturated heterocycles. The molecular formula is C20H26N2O5S. The molecule has 0 atom stereocenters. The van der Waals surface area contributed by atoms with Gasteiger partial charge in [-0.2, -0.15) is 0 Å². The van der Waals surface area contributed by atoms with E-state index >= 15 is 0 Å². The molecule has 0 aliphatic rings. The predicted octanol–water partition coefficient (Wildman–Crippen LogP) is 2.40. The van der Waals surface area contributed by atoms with Gasteiger partial charge in [0.25, 0.3) is 0 Å². The second-order valence-corrected chi connectivity index (χ2v) is 8.49. The van der Waals surface area contributed by atoms with Gasteiger partial charge in [0.05, 0.1) is 26.2 Å². The van der Waals surface area contributed by atoms with Crippen molar-refractivity contribution in [1.82, 2.24) is 5.32 Å². The zero-order valence-corrected chi connectivity index (χ0v) is 17.6. The van der Waals surface area contributed by atoms with Crippen LogP contribution in [0.5, 0.6) is 11.5 Å². The summed E-state index contributed by atoms with van der Waals surface area (Å²) in [6, 6.07) is 10.8. The Morgan fingerprint density at radius 1 is 1.00 bits per heavy atom. The fourth-order valence-corrected chi connectivity index (χ4v) is 3.71. The first kappa shape index (κ1) is 21.6. The third-order valence-corrected chi connectivity index (χ3v) is 5.26. The molecule has 0 bridgehead atoms. The van der Waals surface area contributed by atoms with Crippen LogP contribution in [0, 0.1) is 13.8 Å². The van der Waals surface area contributed by atoms with E-state index in [1.807, 2.05) is 19.9 Å². The summed E-state index contributed by atoms with van der Waals surface area (Å²) in [5.74, 6) is 0.747. The summed E-state index contributed by atoms with van der Waals surface area (Å²) in [6.45, 7) is 3.71. The first-order valence-corrected chi connectivity index (χ1v) is 10.5. The number of nitrogens with zero attached hydrogens (tertiary/aromatic N) is 1. The van der Waals surface area contributed by atoms with E-state index in [4.69, 9.17) is 9.47 Å². The molecule has 152 valence electrons. The molecule has 8 heteroatoms. The number of nitrogens with one attached hydrogen (secondary N) is 1. The number of benzene rings is 2. The molecule has 0 saturated carbocycles. The molecule has 0 aliphatic heterocycles. The Bertz CT molecular complexity index is 937. The highest BCUT2D eigenvalue weighted by Gasteiger charge is 2.21. The first-order chi connectivity index (χ1) is 13.1. The molecule has 0 fully saturated rings. The average molecular weight is 407 g/mol. The summed E-state index contributed by atoms with van der Waals surface area (Å²) in [4.78, 5) is 12.4. The number of methoxy groups -OCH3 is 2. The van der Waals surface area contributed by atoms with Crippen LogP contribution < -0.4 is 19.1 Å². The smallest absolute Gasteiger partial charge is 0.241 e. The number of carbonyl (C=O) groups excluding carboxylic acids is 1. The molecule has 1 N–H and O–H groups in total. The molecule has 0 aromatic heterocycles. The van der Waals surface area contributed by atoms with E-state index in [9.17, 15) is 13.2 Å². The van der Waals surface area contributed by atoms with E-state index in [0.29, 0.717) is 17.2 Å². The molecule has 0 heterocycles. The number of anilines is 1. The van der Waals surface area contributed by atoms with Crippen molar-refractivity contribution in [3.63, 3.8) is 0 Å². The van der Waals surface area contributed by atoms with E-state index < -0.39 is 15.9 Å². The predicted molar refractivity (Wildman–Crippen MR) is 109 cm³/mol. The number of amides is 1. The zero-order chi connectivity index (χ0) is 20.9. The van der Waals surface area contributed by atoms with Crippen molar-refractivity contribution < 1.29 is 22.7 Å². The van der Waals surface area contributed by atoms with Gasteiger partial charge in [-0.1, -0.05) is 12.1 Å². The van der Waals surface area contributed by atoms with E-state index in [0.717, 1.165) is 27.3 Å². The van der Waals surface area contributed by atoms with Gasteiger partial charge in [0.1, 0.15) is 6.54 Å². The van der Waals surface area contributed by atoms with Crippen molar-refractivity contribution in [3.05, 3.63) is 53.1 Å². The molecule has 2 aromatic carbocycles. The highest BCUT2D eigenvalue weighted by molar-refractivity contribution is 7.92. The monoisotopic (exact) mass is 406 g/mol. The first-order valence-electron chi connectivity index (χ1n) is 8.67. The molecule has 0 spiro atoms. The van der Waals surface area contributed by atoms with Crippen molar-refractivity contribution in [2.24, 2.45) is 0 Å². The minimum absolute atomic E-state index is 0.240. The zero-order valence-electron chi connectivity index (χ0n) is 16.8. The van der Waals surface area contributed by atoms with Crippen molar-refractivity contribution in [2.45, 2.75) is 20.4 Å². The fourth-order valence-electron chi connectivity index (χ4n) is 2.87. The molecule has 28 heavy (non-hydrogen) atoms. The Kier molecular flexibility index (Phi) is 6.90. The molecule has 7 nitrogen and oxygen atoms in total. The summed E-state index contributed by atoms with van der Waals surface area (Å²) in [5, 5.41) is 2.75. The molecule has 1 amide bonds. The van der Waals surface area contributed by atoms with Crippen LogP contribution in [0.15, 0.2) is 36.4 Å². The normalized spacial score (nSPS) is 11.0. The van der Waals surface area contributed by atoms with Crippen molar-refractivity contribution in [2.75, 3.05) is 31.3 Å². The van der Waals surface area contributed by atoms with Crippen LogP contribution in [0.4, 0.5) is 5.69 Å². The van der Waals surface area contributed by atoms with E-state index in [1.165, 1.54) is 7.11 Å². The maximum Gasteiger partial charge on any atom is 0.241 e. The summed E-state index contributed by atoms with van der Waals surface area (Å²) < 4.78 is 36.0. The largest absolute Gasteiger partial charge is 0.493 e. The number of carbonyl (C=O) groups is 1. The summed E-state index contributed by atoms with van der Waals surface area (Å²) in [7, 11) is -0.530. The van der Waals surface area contributed by atoms with Gasteiger partial charge >= 0.3 is 0 Å². The summed E-state index contributed by atoms with van der Waals surface area (Å²) in [6.07, 6.45) is 1.09. The Balaban J connectivity index is 2.12. The Hall–Kier alpha value is -2.74. The standard InChI is InChI=1S/C20H26N2O5S/c1-14-8-15(2)10-17(9-14)22(28(5,24)25)13-20(23)21-12-16-6-7-18(26-3)19(11-16)27-4/h6-11H,12-13H2,1-5H3,(H,21,23). The summed E-state index contributed by atoms with van der Waals surface area (Å²) in [5.41, 5.74) is 3.13. The lowest BCUT2D eigenvalue weighted by Gasteiger charge is -2.23. The third kappa shape index (κ3) is 5.63. The number of hydrogen-bond donors (Lipinski definition) is 1. The van der Waals surface area contributed by atoms with Gasteiger partial charge in [-0.05, 0) is 54.8 Å². The van der Waals surface area contributed by atoms with Gasteiger partial charge in [-0.15, -0.1) is 0 Å². The highest BCUT2D eigenvalue weighted by atomic mass is 32.2. The van der Waals surface area contributed by atoms with Crippen LogP contribution in [0.25, 0.3) is 0 Å². The van der Waals surface area contributed by atoms with Crippen LogP contribution in [-0.2, 0) is 21.4 Å².